The number of benzene rings is 2. The SMILES string of the molecule is COCc1ccccc1CNc1cccc(C(F)(F)F)c1. The van der Waals surface area contributed by atoms with Gasteiger partial charge < -0.3 is 10.1 Å². The second kappa shape index (κ2) is 6.63. The summed E-state index contributed by atoms with van der Waals surface area (Å²) >= 11 is 0. The smallest absolute Gasteiger partial charge is 0.381 e. The number of alkyl halides is 3. The van der Waals surface area contributed by atoms with E-state index in [0.29, 0.717) is 18.8 Å². The van der Waals surface area contributed by atoms with Crippen molar-refractivity contribution in [3.63, 3.8) is 0 Å². The summed E-state index contributed by atoms with van der Waals surface area (Å²) in [6.07, 6.45) is -4.33. The fraction of sp³-hybridized carbons (Fsp3) is 0.250. The van der Waals surface area contributed by atoms with Gasteiger partial charge in [-0.15, -0.1) is 0 Å². The second-order valence-electron chi connectivity index (χ2n) is 4.63. The van der Waals surface area contributed by atoms with Crippen LogP contribution in [0.2, 0.25) is 0 Å². The van der Waals surface area contributed by atoms with Gasteiger partial charge in [0.05, 0.1) is 12.2 Å². The topological polar surface area (TPSA) is 21.3 Å². The van der Waals surface area contributed by atoms with Gasteiger partial charge in [-0.1, -0.05) is 30.3 Å². The molecular formula is C16H16F3NO. The molecule has 0 bridgehead atoms. The Bertz CT molecular complexity index is 596. The van der Waals surface area contributed by atoms with Crippen LogP contribution in [-0.4, -0.2) is 7.11 Å². The molecule has 0 aliphatic heterocycles. The van der Waals surface area contributed by atoms with Crippen LogP contribution in [0.1, 0.15) is 16.7 Å². The quantitative estimate of drug-likeness (QED) is 0.879. The Hall–Kier alpha value is -2.01. The van der Waals surface area contributed by atoms with Gasteiger partial charge in [0.1, 0.15) is 0 Å². The lowest BCUT2D eigenvalue weighted by molar-refractivity contribution is -0.137. The molecule has 112 valence electrons. The summed E-state index contributed by atoms with van der Waals surface area (Å²) in [5.41, 5.74) is 1.80. The summed E-state index contributed by atoms with van der Waals surface area (Å²) in [6, 6.07) is 12.8. The van der Waals surface area contributed by atoms with Crippen LogP contribution in [0, 0.1) is 0 Å². The van der Waals surface area contributed by atoms with Crippen molar-refractivity contribution in [3.05, 3.63) is 65.2 Å². The molecule has 0 aromatic heterocycles. The monoisotopic (exact) mass is 295 g/mol. The maximum Gasteiger partial charge on any atom is 0.416 e. The Morgan fingerprint density at radius 2 is 1.71 bits per heavy atom. The van der Waals surface area contributed by atoms with Crippen LogP contribution >= 0.6 is 0 Å². The zero-order valence-electron chi connectivity index (χ0n) is 11.6. The summed E-state index contributed by atoms with van der Waals surface area (Å²) in [5.74, 6) is 0. The second-order valence-corrected chi connectivity index (χ2v) is 4.63. The van der Waals surface area contributed by atoms with Crippen LogP contribution in [0.25, 0.3) is 0 Å². The number of halogens is 3. The predicted molar refractivity (Wildman–Crippen MR) is 75.9 cm³/mol. The normalized spacial score (nSPS) is 11.4. The highest BCUT2D eigenvalue weighted by Crippen LogP contribution is 2.30. The molecule has 0 saturated heterocycles. The van der Waals surface area contributed by atoms with Gasteiger partial charge >= 0.3 is 6.18 Å². The molecular weight excluding hydrogens is 279 g/mol. The van der Waals surface area contributed by atoms with Gasteiger partial charge in [0.15, 0.2) is 0 Å². The van der Waals surface area contributed by atoms with Crippen LogP contribution in [0.4, 0.5) is 18.9 Å². The van der Waals surface area contributed by atoms with Crippen molar-refractivity contribution < 1.29 is 17.9 Å². The lowest BCUT2D eigenvalue weighted by Crippen LogP contribution is -2.07. The number of hydrogen-bond donors (Lipinski definition) is 1. The lowest BCUT2D eigenvalue weighted by Gasteiger charge is -2.13. The van der Waals surface area contributed by atoms with Gasteiger partial charge in [-0.25, -0.2) is 0 Å². The molecule has 0 amide bonds. The summed E-state index contributed by atoms with van der Waals surface area (Å²) in [6.45, 7) is 0.918. The molecule has 21 heavy (non-hydrogen) atoms. The molecule has 0 heterocycles. The number of nitrogens with one attached hydrogen (secondary N) is 1. The number of anilines is 1. The average Bonchev–Trinajstić information content (AvgIpc) is 2.46. The van der Waals surface area contributed by atoms with Crippen molar-refractivity contribution in [1.82, 2.24) is 0 Å². The highest BCUT2D eigenvalue weighted by molar-refractivity contribution is 5.47. The van der Waals surface area contributed by atoms with Gasteiger partial charge in [-0.2, -0.15) is 13.2 Å². The zero-order valence-corrected chi connectivity index (χ0v) is 11.6. The Balaban J connectivity index is 2.10. The highest BCUT2D eigenvalue weighted by Gasteiger charge is 2.30. The third kappa shape index (κ3) is 4.23. The number of hydrogen-bond acceptors (Lipinski definition) is 2. The molecule has 0 spiro atoms. The van der Waals surface area contributed by atoms with Crippen molar-refractivity contribution in [3.8, 4) is 0 Å². The molecule has 0 aliphatic rings. The third-order valence-corrected chi connectivity index (χ3v) is 3.09. The molecule has 2 nitrogen and oxygen atoms in total. The van der Waals surface area contributed by atoms with E-state index in [1.807, 2.05) is 24.3 Å². The van der Waals surface area contributed by atoms with Crippen molar-refractivity contribution in [2.75, 3.05) is 12.4 Å². The number of ether oxygens (including phenoxy) is 1. The van der Waals surface area contributed by atoms with Crippen LogP contribution in [-0.2, 0) is 24.1 Å². The van der Waals surface area contributed by atoms with E-state index >= 15 is 0 Å². The predicted octanol–water partition coefficient (Wildman–Crippen LogP) is 4.46. The van der Waals surface area contributed by atoms with Gasteiger partial charge in [-0.3, -0.25) is 0 Å². The maximum absolute atomic E-state index is 12.7. The summed E-state index contributed by atoms with van der Waals surface area (Å²) < 4.78 is 43.1. The van der Waals surface area contributed by atoms with E-state index in [1.54, 1.807) is 13.2 Å². The van der Waals surface area contributed by atoms with E-state index in [1.165, 1.54) is 6.07 Å². The Kier molecular flexibility index (Phi) is 4.85. The number of methoxy groups -OCH3 is 1. The molecule has 0 unspecified atom stereocenters. The third-order valence-electron chi connectivity index (χ3n) is 3.09. The first kappa shape index (κ1) is 15.4. The van der Waals surface area contributed by atoms with E-state index in [2.05, 4.69) is 5.32 Å². The van der Waals surface area contributed by atoms with E-state index in [4.69, 9.17) is 4.74 Å². The fourth-order valence-electron chi connectivity index (χ4n) is 2.03. The van der Waals surface area contributed by atoms with Gasteiger partial charge in [0.2, 0.25) is 0 Å². The molecule has 1 N–H and O–H groups in total. The number of rotatable bonds is 5. The largest absolute Gasteiger partial charge is 0.416 e. The van der Waals surface area contributed by atoms with Crippen molar-refractivity contribution >= 4 is 5.69 Å². The van der Waals surface area contributed by atoms with Crippen LogP contribution in [0.5, 0.6) is 0 Å². The molecule has 2 aromatic rings. The maximum atomic E-state index is 12.7. The first-order valence-corrected chi connectivity index (χ1v) is 6.47. The first-order valence-electron chi connectivity index (χ1n) is 6.47. The fourth-order valence-corrected chi connectivity index (χ4v) is 2.03. The van der Waals surface area contributed by atoms with Gasteiger partial charge in [-0.05, 0) is 29.3 Å². The van der Waals surface area contributed by atoms with Gasteiger partial charge in [0, 0.05) is 19.3 Å². The van der Waals surface area contributed by atoms with E-state index in [0.717, 1.165) is 23.3 Å². The standard InChI is InChI=1S/C16H16F3NO/c1-21-11-13-6-3-2-5-12(13)10-20-15-8-4-7-14(9-15)16(17,18)19/h2-9,20H,10-11H2,1H3. The molecule has 0 atom stereocenters. The minimum absolute atomic E-state index is 0.442. The Morgan fingerprint density at radius 1 is 1.00 bits per heavy atom. The van der Waals surface area contributed by atoms with E-state index in [-0.39, 0.29) is 0 Å². The van der Waals surface area contributed by atoms with Crippen molar-refractivity contribution in [2.24, 2.45) is 0 Å². The van der Waals surface area contributed by atoms with Crippen LogP contribution in [0.3, 0.4) is 0 Å². The molecule has 0 radical (unpaired) electrons. The lowest BCUT2D eigenvalue weighted by atomic mass is 10.1. The molecule has 0 aliphatic carbocycles. The Morgan fingerprint density at radius 3 is 2.38 bits per heavy atom. The average molecular weight is 295 g/mol. The summed E-state index contributed by atoms with van der Waals surface area (Å²) in [5, 5.41) is 3.02. The van der Waals surface area contributed by atoms with E-state index < -0.39 is 11.7 Å². The van der Waals surface area contributed by atoms with Gasteiger partial charge in [0.25, 0.3) is 0 Å². The Labute approximate surface area is 121 Å². The molecule has 2 rings (SSSR count). The minimum Gasteiger partial charge on any atom is -0.381 e. The molecule has 0 fully saturated rings. The van der Waals surface area contributed by atoms with Crippen LogP contribution in [0.15, 0.2) is 48.5 Å². The van der Waals surface area contributed by atoms with Crippen LogP contribution < -0.4 is 5.32 Å². The zero-order chi connectivity index (χ0) is 15.3. The molecule has 0 saturated carbocycles. The summed E-state index contributed by atoms with van der Waals surface area (Å²) in [4.78, 5) is 0. The van der Waals surface area contributed by atoms with Crippen molar-refractivity contribution in [1.29, 1.82) is 0 Å². The summed E-state index contributed by atoms with van der Waals surface area (Å²) in [7, 11) is 1.61. The minimum atomic E-state index is -4.33. The molecule has 2 aromatic carbocycles. The van der Waals surface area contributed by atoms with Crippen molar-refractivity contribution in [2.45, 2.75) is 19.3 Å². The molecule has 5 heteroatoms. The highest BCUT2D eigenvalue weighted by atomic mass is 19.4. The van der Waals surface area contributed by atoms with E-state index in [9.17, 15) is 13.2 Å². The first-order chi connectivity index (χ1) is 10.0.